The zero-order valence-electron chi connectivity index (χ0n) is 22.2. The maximum atomic E-state index is 12.8. The molecule has 0 amide bonds. The van der Waals surface area contributed by atoms with Crippen molar-refractivity contribution in [1.29, 1.82) is 0 Å². The molecule has 40 heavy (non-hydrogen) atoms. The SMILES string of the molecule is C=C1CNC(C(=O)O)C(OC(=O)CCNCC(=O)O)(C(O)C(OC(=O)C(=C)C)C(OC(=O)C(=C)C)C(C)O)OO1. The number of aliphatic hydroxyl groups excluding tert-OH is 2. The third-order valence-electron chi connectivity index (χ3n) is 5.20. The minimum absolute atomic E-state index is 0.143. The molecular weight excluding hydrogens is 540 g/mol. The van der Waals surface area contributed by atoms with Gasteiger partial charge in [-0.05, 0) is 20.8 Å². The summed E-state index contributed by atoms with van der Waals surface area (Å²) < 4.78 is 15.7. The van der Waals surface area contributed by atoms with Gasteiger partial charge in [-0.2, -0.15) is 0 Å². The molecule has 0 aromatic heterocycles. The second-order valence-electron chi connectivity index (χ2n) is 8.86. The van der Waals surface area contributed by atoms with Gasteiger partial charge in [-0.25, -0.2) is 9.59 Å². The number of nitrogens with one attached hydrogen (secondary N) is 2. The highest BCUT2D eigenvalue weighted by Gasteiger charge is 2.62. The third kappa shape index (κ3) is 9.42. The molecule has 0 bridgehead atoms. The minimum atomic E-state index is -3.07. The van der Waals surface area contributed by atoms with Crippen LogP contribution in [-0.4, -0.2) is 106 Å². The normalized spacial score (nSPS) is 21.8. The molecule has 224 valence electrons. The lowest BCUT2D eigenvalue weighted by Crippen LogP contribution is -2.69. The fourth-order valence-corrected chi connectivity index (χ4v) is 3.22. The summed E-state index contributed by atoms with van der Waals surface area (Å²) in [6, 6.07) is -2.13. The summed E-state index contributed by atoms with van der Waals surface area (Å²) in [6.07, 6.45) is -8.83. The number of aliphatic hydroxyl groups is 2. The number of rotatable bonds is 15. The van der Waals surface area contributed by atoms with Gasteiger partial charge in [0.1, 0.15) is 5.76 Å². The first kappa shape index (κ1) is 34.2. The number of carbonyl (C=O) groups is 5. The largest absolute Gasteiger partial charge is 0.480 e. The Morgan fingerprint density at radius 2 is 1.62 bits per heavy atom. The van der Waals surface area contributed by atoms with Crippen LogP contribution in [0, 0.1) is 0 Å². The summed E-state index contributed by atoms with van der Waals surface area (Å²) in [5.74, 6) is -9.72. The molecule has 0 radical (unpaired) electrons. The lowest BCUT2D eigenvalue weighted by atomic mass is 9.91. The summed E-state index contributed by atoms with van der Waals surface area (Å²) in [7, 11) is 0. The van der Waals surface area contributed by atoms with Gasteiger partial charge < -0.3 is 44.8 Å². The Bertz CT molecular complexity index is 1030. The second-order valence-corrected chi connectivity index (χ2v) is 8.86. The minimum Gasteiger partial charge on any atom is -0.480 e. The number of hydrogen-bond acceptors (Lipinski definition) is 14. The fraction of sp³-hybridized carbons (Fsp3) is 0.542. The van der Waals surface area contributed by atoms with Crippen LogP contribution in [0.5, 0.6) is 0 Å². The fourth-order valence-electron chi connectivity index (χ4n) is 3.22. The van der Waals surface area contributed by atoms with Crippen LogP contribution in [-0.2, 0) is 48.0 Å². The zero-order valence-corrected chi connectivity index (χ0v) is 22.2. The molecule has 0 spiro atoms. The van der Waals surface area contributed by atoms with Crippen molar-refractivity contribution < 1.29 is 68.4 Å². The number of aliphatic carboxylic acids is 2. The second kappa shape index (κ2) is 15.1. The van der Waals surface area contributed by atoms with Crippen LogP contribution in [0.2, 0.25) is 0 Å². The van der Waals surface area contributed by atoms with Gasteiger partial charge in [-0.3, -0.25) is 19.7 Å². The summed E-state index contributed by atoms with van der Waals surface area (Å²) in [4.78, 5) is 70.7. The summed E-state index contributed by atoms with van der Waals surface area (Å²) in [5.41, 5.74) is -0.349. The van der Waals surface area contributed by atoms with E-state index in [-0.39, 0.29) is 30.0 Å². The molecule has 1 aliphatic rings. The predicted octanol–water partition coefficient (Wildman–Crippen LogP) is -1.47. The van der Waals surface area contributed by atoms with Crippen LogP contribution in [0.25, 0.3) is 0 Å². The lowest BCUT2D eigenvalue weighted by molar-refractivity contribution is -0.427. The highest BCUT2D eigenvalue weighted by atomic mass is 17.2. The quantitative estimate of drug-likeness (QED) is 0.0430. The van der Waals surface area contributed by atoms with Crippen molar-refractivity contribution in [3.63, 3.8) is 0 Å². The molecular formula is C24H34N2O14. The van der Waals surface area contributed by atoms with Gasteiger partial charge >= 0.3 is 35.6 Å². The van der Waals surface area contributed by atoms with Crippen molar-refractivity contribution in [1.82, 2.24) is 10.6 Å². The molecule has 0 aliphatic carbocycles. The van der Waals surface area contributed by atoms with Gasteiger partial charge in [0.25, 0.3) is 0 Å². The van der Waals surface area contributed by atoms with E-state index in [0.717, 1.165) is 6.92 Å². The Hall–Kier alpha value is -3.83. The average Bonchev–Trinajstić information content (AvgIpc) is 3.02. The summed E-state index contributed by atoms with van der Waals surface area (Å²) >= 11 is 0. The van der Waals surface area contributed by atoms with E-state index < -0.39 is 79.1 Å². The van der Waals surface area contributed by atoms with Crippen LogP contribution in [0.1, 0.15) is 27.2 Å². The number of esters is 3. The smallest absolute Gasteiger partial charge is 0.333 e. The van der Waals surface area contributed by atoms with E-state index >= 15 is 0 Å². The maximum Gasteiger partial charge on any atom is 0.333 e. The zero-order chi connectivity index (χ0) is 30.8. The number of carbonyl (C=O) groups excluding carboxylic acids is 3. The van der Waals surface area contributed by atoms with Crippen molar-refractivity contribution in [3.8, 4) is 0 Å². The molecule has 1 saturated heterocycles. The van der Waals surface area contributed by atoms with Gasteiger partial charge in [0, 0.05) is 17.7 Å². The van der Waals surface area contributed by atoms with E-state index in [4.69, 9.17) is 29.1 Å². The van der Waals surface area contributed by atoms with E-state index in [1.54, 1.807) is 0 Å². The molecule has 1 heterocycles. The molecule has 6 N–H and O–H groups in total. The number of ether oxygens (including phenoxy) is 3. The van der Waals surface area contributed by atoms with E-state index in [2.05, 4.69) is 30.4 Å². The maximum absolute atomic E-state index is 12.8. The summed E-state index contributed by atoms with van der Waals surface area (Å²) in [6.45, 7) is 12.8. The molecule has 0 aromatic carbocycles. The third-order valence-corrected chi connectivity index (χ3v) is 5.20. The summed E-state index contributed by atoms with van der Waals surface area (Å²) in [5, 5.41) is 45.5. The van der Waals surface area contributed by atoms with Crippen molar-refractivity contribution >= 4 is 29.8 Å². The van der Waals surface area contributed by atoms with E-state index in [0.29, 0.717) is 0 Å². The monoisotopic (exact) mass is 574 g/mol. The Balaban J connectivity index is 3.68. The Morgan fingerprint density at radius 1 is 1.07 bits per heavy atom. The first-order chi connectivity index (χ1) is 18.5. The number of hydrogen-bond donors (Lipinski definition) is 6. The van der Waals surface area contributed by atoms with E-state index in [9.17, 15) is 39.3 Å². The molecule has 0 aromatic rings. The van der Waals surface area contributed by atoms with Crippen molar-refractivity contribution in [2.24, 2.45) is 0 Å². The van der Waals surface area contributed by atoms with Gasteiger partial charge in [0.05, 0.1) is 25.6 Å². The molecule has 1 rings (SSSR count). The first-order valence-electron chi connectivity index (χ1n) is 11.8. The van der Waals surface area contributed by atoms with Gasteiger partial charge in [-0.15, -0.1) is 4.89 Å². The standard InChI is InChI=1S/C24H34N2O14/c1-11(2)22(34)36-17(14(6)27)18(37-23(35)12(3)4)20(31)24(38-16(30)7-8-25-10-15(28)29)19(21(32)33)26-9-13(5)39-40-24/h14,17-20,25-27,31H,1,3,5,7-10H2,2,4,6H3,(H,28,29)(H,32,33). The molecule has 16 nitrogen and oxygen atoms in total. The van der Waals surface area contributed by atoms with Crippen LogP contribution in [0.4, 0.5) is 0 Å². The van der Waals surface area contributed by atoms with Gasteiger partial charge in [0.2, 0.25) is 0 Å². The Kier molecular flexibility index (Phi) is 12.9. The van der Waals surface area contributed by atoms with Crippen molar-refractivity contribution in [3.05, 3.63) is 36.6 Å². The molecule has 6 unspecified atom stereocenters. The predicted molar refractivity (Wildman–Crippen MR) is 132 cm³/mol. The number of carboxylic acids is 2. The van der Waals surface area contributed by atoms with Crippen molar-refractivity contribution in [2.45, 2.75) is 63.4 Å². The van der Waals surface area contributed by atoms with Crippen molar-refractivity contribution in [2.75, 3.05) is 19.6 Å². The number of carboxylic acid groups (broad SMARTS) is 2. The topological polar surface area (TPSA) is 236 Å². The van der Waals surface area contributed by atoms with Crippen LogP contribution >= 0.6 is 0 Å². The average molecular weight is 575 g/mol. The van der Waals surface area contributed by atoms with E-state index in [1.165, 1.54) is 13.8 Å². The van der Waals surface area contributed by atoms with Crippen LogP contribution in [0.3, 0.4) is 0 Å². The molecule has 1 aliphatic heterocycles. The van der Waals surface area contributed by atoms with Gasteiger partial charge in [-0.1, -0.05) is 19.7 Å². The highest BCUT2D eigenvalue weighted by molar-refractivity contribution is 5.88. The molecule has 16 heteroatoms. The highest BCUT2D eigenvalue weighted by Crippen LogP contribution is 2.33. The molecule has 0 saturated carbocycles. The first-order valence-corrected chi connectivity index (χ1v) is 11.8. The van der Waals surface area contributed by atoms with Gasteiger partial charge in [0.15, 0.2) is 24.4 Å². The lowest BCUT2D eigenvalue weighted by Gasteiger charge is -2.42. The van der Waals surface area contributed by atoms with Crippen LogP contribution in [0.15, 0.2) is 36.6 Å². The molecule has 6 atom stereocenters. The Morgan fingerprint density at radius 3 is 2.10 bits per heavy atom. The van der Waals surface area contributed by atoms with Crippen LogP contribution < -0.4 is 10.6 Å². The van der Waals surface area contributed by atoms with E-state index in [1.807, 2.05) is 0 Å². The molecule has 1 fully saturated rings. The Labute approximate surface area is 229 Å².